The van der Waals surface area contributed by atoms with Gasteiger partial charge in [-0.25, -0.2) is 4.79 Å². The molecule has 0 aliphatic carbocycles. The van der Waals surface area contributed by atoms with Gasteiger partial charge in [0.05, 0.1) is 12.2 Å². The molecule has 3 atom stereocenters. The fourth-order valence-corrected chi connectivity index (χ4v) is 4.19. The van der Waals surface area contributed by atoms with Gasteiger partial charge in [-0.1, -0.05) is 46.3 Å². The molecule has 0 radical (unpaired) electrons. The Kier molecular flexibility index (Phi) is 7.44. The molecule has 3 aromatic rings. The van der Waals surface area contributed by atoms with Gasteiger partial charge in [0.25, 0.3) is 5.56 Å². The molecule has 1 aromatic heterocycles. The van der Waals surface area contributed by atoms with Gasteiger partial charge in [0.1, 0.15) is 18.6 Å². The van der Waals surface area contributed by atoms with Crippen LogP contribution in [-0.2, 0) is 17.9 Å². The first-order valence-electron chi connectivity index (χ1n) is 10.7. The summed E-state index contributed by atoms with van der Waals surface area (Å²) in [5, 5.41) is 13.8. The normalized spacial score (nSPS) is 20.2. The van der Waals surface area contributed by atoms with Crippen molar-refractivity contribution in [3.63, 3.8) is 0 Å². The fourth-order valence-electron chi connectivity index (χ4n) is 3.78. The minimum atomic E-state index is -0.738. The van der Waals surface area contributed by atoms with Crippen LogP contribution in [0, 0.1) is 6.92 Å². The molecule has 0 amide bonds. The zero-order valence-electron chi connectivity index (χ0n) is 18.2. The van der Waals surface area contributed by atoms with Gasteiger partial charge >= 0.3 is 5.69 Å². The largest absolute Gasteiger partial charge is 0.489 e. The summed E-state index contributed by atoms with van der Waals surface area (Å²) in [6.07, 6.45) is -0.134. The number of aliphatic hydroxyl groups excluding tert-OH is 1. The molecule has 1 aliphatic rings. The number of nitrogens with one attached hydrogen (secondary N) is 2. The summed E-state index contributed by atoms with van der Waals surface area (Å²) in [4.78, 5) is 26.0. The molecule has 3 N–H and O–H groups in total. The van der Waals surface area contributed by atoms with Gasteiger partial charge in [-0.3, -0.25) is 14.3 Å². The van der Waals surface area contributed by atoms with E-state index in [2.05, 4.69) is 26.2 Å². The first-order valence-corrected chi connectivity index (χ1v) is 11.5. The second-order valence-electron chi connectivity index (χ2n) is 8.07. The maximum Gasteiger partial charge on any atom is 0.330 e. The second kappa shape index (κ2) is 10.5. The summed E-state index contributed by atoms with van der Waals surface area (Å²) in [5.74, 6) is 0.774. The van der Waals surface area contributed by atoms with Crippen LogP contribution in [0.5, 0.6) is 5.75 Å². The van der Waals surface area contributed by atoms with Crippen LogP contribution in [0.2, 0.25) is 0 Å². The van der Waals surface area contributed by atoms with E-state index in [9.17, 15) is 14.7 Å². The van der Waals surface area contributed by atoms with Gasteiger partial charge in [0, 0.05) is 41.3 Å². The van der Waals surface area contributed by atoms with E-state index < -0.39 is 29.7 Å². The third-order valence-corrected chi connectivity index (χ3v) is 6.07. The van der Waals surface area contributed by atoms with Crippen molar-refractivity contribution in [1.29, 1.82) is 0 Å². The van der Waals surface area contributed by atoms with Crippen LogP contribution in [0.1, 0.15) is 29.3 Å². The Balaban J connectivity index is 1.36. The zero-order chi connectivity index (χ0) is 23.4. The highest BCUT2D eigenvalue weighted by Gasteiger charge is 2.35. The van der Waals surface area contributed by atoms with Gasteiger partial charge in [-0.15, -0.1) is 0 Å². The topological polar surface area (TPSA) is 106 Å². The van der Waals surface area contributed by atoms with Crippen molar-refractivity contribution >= 4 is 15.9 Å². The van der Waals surface area contributed by atoms with Gasteiger partial charge in [-0.2, -0.15) is 0 Å². The average Bonchev–Trinajstić information content (AvgIpc) is 3.16. The molecular formula is C24H26BrN3O5. The third kappa shape index (κ3) is 5.80. The maximum absolute atomic E-state index is 12.1. The molecule has 9 heteroatoms. The molecule has 33 heavy (non-hydrogen) atoms. The molecule has 4 rings (SSSR count). The molecule has 0 unspecified atom stereocenters. The number of hydrogen-bond donors (Lipinski definition) is 3. The lowest BCUT2D eigenvalue weighted by Gasteiger charge is -2.18. The Morgan fingerprint density at radius 1 is 1.24 bits per heavy atom. The van der Waals surface area contributed by atoms with E-state index in [0.29, 0.717) is 25.3 Å². The van der Waals surface area contributed by atoms with Crippen LogP contribution in [0.25, 0.3) is 0 Å². The molecule has 1 aliphatic heterocycles. The van der Waals surface area contributed by atoms with Crippen LogP contribution < -0.4 is 21.3 Å². The monoisotopic (exact) mass is 515 g/mol. The van der Waals surface area contributed by atoms with Crippen molar-refractivity contribution in [3.8, 4) is 5.75 Å². The Morgan fingerprint density at radius 3 is 2.82 bits per heavy atom. The number of benzene rings is 2. The Morgan fingerprint density at radius 2 is 2.03 bits per heavy atom. The lowest BCUT2D eigenvalue weighted by Crippen LogP contribution is -2.35. The van der Waals surface area contributed by atoms with Crippen molar-refractivity contribution in [2.24, 2.45) is 0 Å². The highest BCUT2D eigenvalue weighted by molar-refractivity contribution is 9.10. The standard InChI is InChI=1S/C24H26BrN3O5/c1-15-13-28(24(31)27-23(15)30)22-10-19(29)21(33-22)12-26-11-17-9-18(25)7-8-20(17)32-14-16-5-3-2-4-6-16/h2-9,13,19,21-22,26,29H,10-12,14H2,1H3,(H,27,30,31)/t19-,21+,22+/m0/s1. The Labute approximate surface area is 199 Å². The predicted octanol–water partition coefficient (Wildman–Crippen LogP) is 2.62. The van der Waals surface area contributed by atoms with Crippen molar-refractivity contribution in [2.75, 3.05) is 6.54 Å². The first-order chi connectivity index (χ1) is 15.9. The fraction of sp³-hybridized carbons (Fsp3) is 0.333. The molecular weight excluding hydrogens is 490 g/mol. The van der Waals surface area contributed by atoms with E-state index in [0.717, 1.165) is 21.3 Å². The Hall–Kier alpha value is -2.72. The van der Waals surface area contributed by atoms with Gasteiger partial charge in [0.15, 0.2) is 0 Å². The summed E-state index contributed by atoms with van der Waals surface area (Å²) in [5.41, 5.74) is 1.49. The van der Waals surface area contributed by atoms with Crippen LogP contribution in [-0.4, -0.2) is 33.4 Å². The number of rotatable bonds is 8. The summed E-state index contributed by atoms with van der Waals surface area (Å²) in [6, 6.07) is 15.8. The van der Waals surface area contributed by atoms with E-state index in [4.69, 9.17) is 9.47 Å². The lowest BCUT2D eigenvalue weighted by molar-refractivity contribution is -0.0194. The van der Waals surface area contributed by atoms with Gasteiger partial charge in [-0.05, 0) is 30.7 Å². The molecule has 0 bridgehead atoms. The van der Waals surface area contributed by atoms with E-state index >= 15 is 0 Å². The predicted molar refractivity (Wildman–Crippen MR) is 127 cm³/mol. The lowest BCUT2D eigenvalue weighted by atomic mass is 10.1. The summed E-state index contributed by atoms with van der Waals surface area (Å²) in [6.45, 7) is 2.99. The molecule has 0 saturated carbocycles. The number of aromatic amines is 1. The highest BCUT2D eigenvalue weighted by Crippen LogP contribution is 2.28. The van der Waals surface area contributed by atoms with Crippen molar-refractivity contribution < 1.29 is 14.6 Å². The third-order valence-electron chi connectivity index (χ3n) is 5.58. The second-order valence-corrected chi connectivity index (χ2v) is 8.98. The van der Waals surface area contributed by atoms with Crippen LogP contribution >= 0.6 is 15.9 Å². The van der Waals surface area contributed by atoms with Gasteiger partial charge < -0.3 is 19.9 Å². The number of H-pyrrole nitrogens is 1. The van der Waals surface area contributed by atoms with E-state index in [1.165, 1.54) is 10.8 Å². The molecule has 1 fully saturated rings. The van der Waals surface area contributed by atoms with Crippen LogP contribution in [0.3, 0.4) is 0 Å². The average molecular weight is 516 g/mol. The van der Waals surface area contributed by atoms with E-state index in [1.54, 1.807) is 6.92 Å². The van der Waals surface area contributed by atoms with Crippen LogP contribution in [0.15, 0.2) is 68.8 Å². The number of hydrogen-bond acceptors (Lipinski definition) is 6. The highest BCUT2D eigenvalue weighted by atomic mass is 79.9. The minimum absolute atomic E-state index is 0.264. The summed E-state index contributed by atoms with van der Waals surface area (Å²) >= 11 is 3.51. The number of aromatic nitrogens is 2. The molecule has 174 valence electrons. The number of ether oxygens (including phenoxy) is 2. The van der Waals surface area contributed by atoms with Crippen molar-refractivity contribution in [3.05, 3.63) is 96.7 Å². The number of aliphatic hydroxyl groups is 1. The number of nitrogens with zero attached hydrogens (tertiary/aromatic N) is 1. The minimum Gasteiger partial charge on any atom is -0.489 e. The maximum atomic E-state index is 12.1. The summed E-state index contributed by atoms with van der Waals surface area (Å²) < 4.78 is 14.2. The molecule has 1 saturated heterocycles. The van der Waals surface area contributed by atoms with Crippen LogP contribution in [0.4, 0.5) is 0 Å². The smallest absolute Gasteiger partial charge is 0.330 e. The van der Waals surface area contributed by atoms with E-state index in [1.807, 2.05) is 48.5 Å². The van der Waals surface area contributed by atoms with Crippen molar-refractivity contribution in [1.82, 2.24) is 14.9 Å². The van der Waals surface area contributed by atoms with Gasteiger partial charge in [0.2, 0.25) is 0 Å². The number of aryl methyl sites for hydroxylation is 1. The Bertz CT molecular complexity index is 1210. The number of halogens is 1. The molecule has 8 nitrogen and oxygen atoms in total. The SMILES string of the molecule is Cc1cn([C@H]2C[C@H](O)[C@@H](CNCc3cc(Br)ccc3OCc3ccccc3)O2)c(=O)[nH]c1=O. The van der Waals surface area contributed by atoms with E-state index in [-0.39, 0.29) is 6.42 Å². The first kappa shape index (κ1) is 23.4. The molecule has 2 aromatic carbocycles. The molecule has 0 spiro atoms. The zero-order valence-corrected chi connectivity index (χ0v) is 19.7. The quantitative estimate of drug-likeness (QED) is 0.425. The van der Waals surface area contributed by atoms with Crippen molar-refractivity contribution in [2.45, 2.75) is 44.9 Å². The summed E-state index contributed by atoms with van der Waals surface area (Å²) in [7, 11) is 0. The molecule has 2 heterocycles.